The number of carbonyl (C=O) groups is 1. The van der Waals surface area contributed by atoms with Crippen molar-refractivity contribution in [3.63, 3.8) is 0 Å². The number of ether oxygens (including phenoxy) is 1. The fourth-order valence-corrected chi connectivity index (χ4v) is 3.20. The van der Waals surface area contributed by atoms with E-state index >= 15 is 0 Å². The number of benzene rings is 2. The maximum Gasteiger partial charge on any atom is 0.226 e. The first kappa shape index (κ1) is 21.8. The van der Waals surface area contributed by atoms with Crippen LogP contribution in [0.25, 0.3) is 0 Å². The molecule has 0 aliphatic rings. The number of nitrogens with one attached hydrogen (secondary N) is 3. The van der Waals surface area contributed by atoms with E-state index < -0.39 is 0 Å². The Morgan fingerprint density at radius 3 is 2.61 bits per heavy atom. The number of hydrogen-bond acceptors (Lipinski definition) is 3. The Morgan fingerprint density at radius 2 is 1.89 bits per heavy atom. The van der Waals surface area contributed by atoms with Crippen LogP contribution in [0.4, 0.5) is 5.69 Å². The van der Waals surface area contributed by atoms with Gasteiger partial charge in [-0.3, -0.25) is 9.79 Å². The Labute approximate surface area is 174 Å². The Hall–Kier alpha value is -2.54. The topological polar surface area (TPSA) is 74.8 Å². The number of anilines is 1. The van der Waals surface area contributed by atoms with Gasteiger partial charge in [-0.15, -0.1) is 0 Å². The minimum absolute atomic E-state index is 0.0394. The third-order valence-electron chi connectivity index (χ3n) is 4.21. The van der Waals surface area contributed by atoms with E-state index in [2.05, 4.69) is 36.9 Å². The number of halogens is 1. The lowest BCUT2D eigenvalue weighted by atomic mass is 10.1. The van der Waals surface area contributed by atoms with E-state index in [0.29, 0.717) is 25.5 Å². The molecular weight excluding hydrogens is 420 g/mol. The number of carbonyl (C=O) groups excluding carboxylic acids is 1. The van der Waals surface area contributed by atoms with Gasteiger partial charge in [0.15, 0.2) is 5.96 Å². The summed E-state index contributed by atoms with van der Waals surface area (Å²) in [5, 5.41) is 9.35. The van der Waals surface area contributed by atoms with Gasteiger partial charge in [0.05, 0.1) is 7.11 Å². The van der Waals surface area contributed by atoms with E-state index in [-0.39, 0.29) is 5.91 Å². The van der Waals surface area contributed by atoms with E-state index in [4.69, 9.17) is 4.74 Å². The van der Waals surface area contributed by atoms with Gasteiger partial charge in [-0.05, 0) is 48.7 Å². The second kappa shape index (κ2) is 11.3. The molecule has 2 aromatic carbocycles. The smallest absolute Gasteiger partial charge is 0.226 e. The average Bonchev–Trinajstić information content (AvgIpc) is 2.69. The lowest BCUT2D eigenvalue weighted by Gasteiger charge is -2.13. The molecule has 0 radical (unpaired) electrons. The van der Waals surface area contributed by atoms with Crippen LogP contribution in [-0.2, 0) is 11.2 Å². The van der Waals surface area contributed by atoms with Crippen LogP contribution >= 0.6 is 15.9 Å². The zero-order valence-corrected chi connectivity index (χ0v) is 18.1. The van der Waals surface area contributed by atoms with E-state index in [9.17, 15) is 4.79 Å². The average molecular weight is 447 g/mol. The van der Waals surface area contributed by atoms with Gasteiger partial charge in [0, 0.05) is 36.7 Å². The summed E-state index contributed by atoms with van der Waals surface area (Å²) in [7, 11) is 3.39. The van der Waals surface area contributed by atoms with Gasteiger partial charge in [0.25, 0.3) is 0 Å². The van der Waals surface area contributed by atoms with E-state index in [1.165, 1.54) is 0 Å². The van der Waals surface area contributed by atoms with Crippen LogP contribution in [0, 0.1) is 6.92 Å². The van der Waals surface area contributed by atoms with Crippen LogP contribution in [0.15, 0.2) is 51.9 Å². The number of methoxy groups -OCH3 is 1. The van der Waals surface area contributed by atoms with Crippen molar-refractivity contribution in [3.8, 4) is 5.75 Å². The van der Waals surface area contributed by atoms with E-state index in [1.54, 1.807) is 14.2 Å². The van der Waals surface area contributed by atoms with Gasteiger partial charge in [0.2, 0.25) is 5.91 Å². The van der Waals surface area contributed by atoms with Gasteiger partial charge < -0.3 is 20.7 Å². The highest BCUT2D eigenvalue weighted by atomic mass is 79.9. The van der Waals surface area contributed by atoms with Crippen molar-refractivity contribution >= 4 is 33.5 Å². The summed E-state index contributed by atoms with van der Waals surface area (Å²) in [5.41, 5.74) is 2.98. The molecule has 0 unspecified atom stereocenters. The highest BCUT2D eigenvalue weighted by Crippen LogP contribution is 2.20. The van der Waals surface area contributed by atoms with E-state index in [1.807, 2.05) is 49.4 Å². The number of guanidine groups is 1. The molecule has 0 bridgehead atoms. The number of amides is 1. The van der Waals surface area contributed by atoms with Gasteiger partial charge in [-0.2, -0.15) is 0 Å². The first-order valence-electron chi connectivity index (χ1n) is 9.16. The van der Waals surface area contributed by atoms with Crippen molar-refractivity contribution in [2.24, 2.45) is 4.99 Å². The first-order valence-corrected chi connectivity index (χ1v) is 9.95. The molecule has 7 heteroatoms. The molecule has 3 N–H and O–H groups in total. The minimum Gasteiger partial charge on any atom is -0.496 e. The molecule has 0 aliphatic carbocycles. The highest BCUT2D eigenvalue weighted by molar-refractivity contribution is 9.10. The van der Waals surface area contributed by atoms with Crippen molar-refractivity contribution in [2.45, 2.75) is 19.8 Å². The SMILES string of the molecule is CN=C(NCCC(=O)Nc1ccc(Br)cc1C)NCCc1ccccc1OC. The molecule has 0 saturated heterocycles. The van der Waals surface area contributed by atoms with E-state index in [0.717, 1.165) is 33.5 Å². The second-order valence-electron chi connectivity index (χ2n) is 6.25. The summed E-state index contributed by atoms with van der Waals surface area (Å²) in [6, 6.07) is 13.7. The van der Waals surface area contributed by atoms with Gasteiger partial charge in [-0.1, -0.05) is 34.1 Å². The summed E-state index contributed by atoms with van der Waals surface area (Å²) >= 11 is 3.42. The molecule has 28 heavy (non-hydrogen) atoms. The Morgan fingerprint density at radius 1 is 1.14 bits per heavy atom. The van der Waals surface area contributed by atoms with Crippen molar-refractivity contribution in [1.82, 2.24) is 10.6 Å². The molecule has 2 aromatic rings. The van der Waals surface area contributed by atoms with Crippen LogP contribution in [0.3, 0.4) is 0 Å². The van der Waals surface area contributed by atoms with Crippen molar-refractivity contribution < 1.29 is 9.53 Å². The molecule has 0 fully saturated rings. The Bertz CT molecular complexity index is 824. The number of aryl methyl sites for hydroxylation is 1. The normalized spacial score (nSPS) is 11.1. The van der Waals surface area contributed by atoms with Crippen LogP contribution in [-0.4, -0.2) is 39.1 Å². The van der Waals surface area contributed by atoms with Crippen LogP contribution in [0.5, 0.6) is 5.75 Å². The first-order chi connectivity index (χ1) is 13.5. The Kier molecular flexibility index (Phi) is 8.81. The van der Waals surface area contributed by atoms with Crippen molar-refractivity contribution in [3.05, 3.63) is 58.1 Å². The number of para-hydroxylation sites is 1. The lowest BCUT2D eigenvalue weighted by molar-refractivity contribution is -0.116. The summed E-state index contributed by atoms with van der Waals surface area (Å²) in [6.07, 6.45) is 1.16. The maximum absolute atomic E-state index is 12.2. The monoisotopic (exact) mass is 446 g/mol. The molecule has 2 rings (SSSR count). The second-order valence-corrected chi connectivity index (χ2v) is 7.16. The van der Waals surface area contributed by atoms with Crippen LogP contribution < -0.4 is 20.7 Å². The summed E-state index contributed by atoms with van der Waals surface area (Å²) < 4.78 is 6.36. The number of aliphatic imine (C=N–C) groups is 1. The van der Waals surface area contributed by atoms with Gasteiger partial charge in [-0.25, -0.2) is 0 Å². The fraction of sp³-hybridized carbons (Fsp3) is 0.333. The number of rotatable bonds is 8. The summed E-state index contributed by atoms with van der Waals surface area (Å²) in [6.45, 7) is 3.17. The molecule has 1 amide bonds. The number of nitrogens with zero attached hydrogens (tertiary/aromatic N) is 1. The fourth-order valence-electron chi connectivity index (χ4n) is 2.72. The predicted octanol–water partition coefficient (Wildman–Crippen LogP) is 3.50. The predicted molar refractivity (Wildman–Crippen MR) is 118 cm³/mol. The zero-order valence-electron chi connectivity index (χ0n) is 16.5. The summed E-state index contributed by atoms with van der Waals surface area (Å²) in [5.74, 6) is 1.51. The van der Waals surface area contributed by atoms with Gasteiger partial charge in [0.1, 0.15) is 5.75 Å². The molecule has 6 nitrogen and oxygen atoms in total. The molecule has 0 heterocycles. The molecule has 0 aromatic heterocycles. The third kappa shape index (κ3) is 6.88. The van der Waals surface area contributed by atoms with Crippen molar-refractivity contribution in [1.29, 1.82) is 0 Å². The molecule has 0 saturated carbocycles. The molecule has 0 aliphatic heterocycles. The van der Waals surface area contributed by atoms with Gasteiger partial charge >= 0.3 is 0 Å². The quantitative estimate of drug-likeness (QED) is 0.428. The molecule has 0 spiro atoms. The third-order valence-corrected chi connectivity index (χ3v) is 4.70. The lowest BCUT2D eigenvalue weighted by Crippen LogP contribution is -2.39. The standard InChI is InChI=1S/C21H27BrN4O2/c1-15-14-17(22)8-9-18(15)26-20(27)11-13-25-21(23-2)24-12-10-16-6-4-5-7-19(16)28-3/h4-9,14H,10-13H2,1-3H3,(H,26,27)(H2,23,24,25). The van der Waals surface area contributed by atoms with Crippen LogP contribution in [0.1, 0.15) is 17.5 Å². The number of hydrogen-bond donors (Lipinski definition) is 3. The van der Waals surface area contributed by atoms with Crippen LogP contribution in [0.2, 0.25) is 0 Å². The van der Waals surface area contributed by atoms with Crippen molar-refractivity contribution in [2.75, 3.05) is 32.6 Å². The minimum atomic E-state index is -0.0394. The molecule has 0 atom stereocenters. The molecule has 150 valence electrons. The Balaban J connectivity index is 1.72. The zero-order chi connectivity index (χ0) is 20.4. The highest BCUT2D eigenvalue weighted by Gasteiger charge is 2.06. The molecular formula is C21H27BrN4O2. The summed E-state index contributed by atoms with van der Waals surface area (Å²) in [4.78, 5) is 16.3. The largest absolute Gasteiger partial charge is 0.496 e. The maximum atomic E-state index is 12.2.